The summed E-state index contributed by atoms with van der Waals surface area (Å²) >= 11 is 12.6. The average Bonchev–Trinajstić information content (AvgIpc) is 3.32. The molecule has 1 aliphatic carbocycles. The second kappa shape index (κ2) is 13.5. The molecule has 41 heavy (non-hydrogen) atoms. The van der Waals surface area contributed by atoms with Gasteiger partial charge in [0.2, 0.25) is 11.8 Å². The zero-order valence-electron chi connectivity index (χ0n) is 24.3. The predicted molar refractivity (Wildman–Crippen MR) is 160 cm³/mol. The molecule has 1 atom stereocenters. The zero-order valence-corrected chi connectivity index (χ0v) is 25.9. The molecule has 4 rings (SSSR count). The minimum absolute atomic E-state index is 0.0210. The van der Waals surface area contributed by atoms with Crippen LogP contribution in [0.4, 0.5) is 4.79 Å². The molecular formula is C30H41Cl2N5O4. The number of nitrogens with one attached hydrogen (secondary N) is 2. The fourth-order valence-electron chi connectivity index (χ4n) is 5.81. The van der Waals surface area contributed by atoms with Crippen LogP contribution in [-0.2, 0) is 21.4 Å². The summed E-state index contributed by atoms with van der Waals surface area (Å²) in [5.74, 6) is -0.208. The lowest BCUT2D eigenvalue weighted by Crippen LogP contribution is -2.54. The molecule has 1 aliphatic heterocycles. The Morgan fingerprint density at radius 2 is 1.76 bits per heavy atom. The SMILES string of the molecule is Cn1nc(-c2cccc(Cl)c2Cl)cc1C1CCN(C(=O)CNC(=O)[C@@H](NC(=O)OC(C)(C)C)C2CCCCC2)CC1. The van der Waals surface area contributed by atoms with Crippen LogP contribution in [0.15, 0.2) is 24.3 Å². The Morgan fingerprint density at radius 1 is 1.07 bits per heavy atom. The van der Waals surface area contributed by atoms with Crippen molar-refractivity contribution in [1.29, 1.82) is 0 Å². The molecule has 3 amide bonds. The smallest absolute Gasteiger partial charge is 0.408 e. The third-order valence-electron chi connectivity index (χ3n) is 7.90. The van der Waals surface area contributed by atoms with Crippen molar-refractivity contribution in [2.24, 2.45) is 13.0 Å². The summed E-state index contributed by atoms with van der Waals surface area (Å²) in [4.78, 5) is 40.5. The Balaban J connectivity index is 1.32. The van der Waals surface area contributed by atoms with E-state index in [0.717, 1.165) is 61.9 Å². The highest BCUT2D eigenvalue weighted by Gasteiger charge is 2.33. The van der Waals surface area contributed by atoms with Gasteiger partial charge in [0.15, 0.2) is 0 Å². The van der Waals surface area contributed by atoms with E-state index in [1.54, 1.807) is 31.7 Å². The Morgan fingerprint density at radius 3 is 2.41 bits per heavy atom. The van der Waals surface area contributed by atoms with Gasteiger partial charge in [0.25, 0.3) is 0 Å². The standard InChI is InChI=1S/C30H41Cl2N5O4/c1-30(2,3)41-29(40)34-27(20-9-6-5-7-10-20)28(39)33-18-25(38)37-15-13-19(14-16-37)24-17-23(35-36(24)4)21-11-8-12-22(31)26(21)32/h8,11-12,17,19-20,27H,5-7,9-10,13-16,18H2,1-4H3,(H,33,39)(H,34,40)/t27-/m0/s1. The quantitative estimate of drug-likeness (QED) is 0.422. The molecule has 0 bridgehead atoms. The molecule has 0 radical (unpaired) electrons. The lowest BCUT2D eigenvalue weighted by Gasteiger charge is -2.33. The van der Waals surface area contributed by atoms with Crippen molar-refractivity contribution in [2.45, 2.75) is 83.3 Å². The van der Waals surface area contributed by atoms with Gasteiger partial charge in [-0.15, -0.1) is 0 Å². The highest BCUT2D eigenvalue weighted by Crippen LogP contribution is 2.36. The van der Waals surface area contributed by atoms with Gasteiger partial charge in [-0.3, -0.25) is 14.3 Å². The first kappa shape index (κ1) is 31.2. The lowest BCUT2D eigenvalue weighted by atomic mass is 9.83. The Bertz CT molecular complexity index is 1240. The van der Waals surface area contributed by atoms with Gasteiger partial charge in [0.1, 0.15) is 11.6 Å². The van der Waals surface area contributed by atoms with Crippen molar-refractivity contribution in [1.82, 2.24) is 25.3 Å². The molecule has 11 heteroatoms. The van der Waals surface area contributed by atoms with Gasteiger partial charge in [0.05, 0.1) is 22.3 Å². The fourth-order valence-corrected chi connectivity index (χ4v) is 6.20. The van der Waals surface area contributed by atoms with Crippen LogP contribution in [-0.4, -0.2) is 63.9 Å². The van der Waals surface area contributed by atoms with E-state index in [2.05, 4.69) is 15.7 Å². The molecule has 2 fully saturated rings. The van der Waals surface area contributed by atoms with Gasteiger partial charge in [-0.2, -0.15) is 5.10 Å². The molecule has 2 aliphatic rings. The molecule has 2 aromatic rings. The third-order valence-corrected chi connectivity index (χ3v) is 8.72. The first-order valence-corrected chi connectivity index (χ1v) is 15.2. The number of rotatable bonds is 7. The number of amides is 3. The van der Waals surface area contributed by atoms with Crippen LogP contribution in [0.25, 0.3) is 11.3 Å². The number of ether oxygens (including phenoxy) is 1. The number of carbonyl (C=O) groups excluding carboxylic acids is 3. The molecule has 2 heterocycles. The van der Waals surface area contributed by atoms with Crippen LogP contribution in [0, 0.1) is 5.92 Å². The van der Waals surface area contributed by atoms with E-state index in [-0.39, 0.29) is 30.2 Å². The number of benzene rings is 1. The maximum Gasteiger partial charge on any atom is 0.408 e. The summed E-state index contributed by atoms with van der Waals surface area (Å²) in [6.45, 7) is 6.41. The van der Waals surface area contributed by atoms with Crippen molar-refractivity contribution >= 4 is 41.1 Å². The van der Waals surface area contributed by atoms with Crippen molar-refractivity contribution in [3.63, 3.8) is 0 Å². The lowest BCUT2D eigenvalue weighted by molar-refractivity contribution is -0.134. The van der Waals surface area contributed by atoms with Gasteiger partial charge >= 0.3 is 6.09 Å². The van der Waals surface area contributed by atoms with Gasteiger partial charge in [-0.05, 0) is 64.5 Å². The fraction of sp³-hybridized carbons (Fsp3) is 0.600. The molecule has 0 unspecified atom stereocenters. The molecule has 9 nitrogen and oxygen atoms in total. The van der Waals surface area contributed by atoms with Crippen LogP contribution < -0.4 is 10.6 Å². The van der Waals surface area contributed by atoms with Crippen molar-refractivity contribution in [3.8, 4) is 11.3 Å². The minimum Gasteiger partial charge on any atom is -0.444 e. The number of hydrogen-bond acceptors (Lipinski definition) is 5. The largest absolute Gasteiger partial charge is 0.444 e. The first-order chi connectivity index (χ1) is 19.4. The monoisotopic (exact) mass is 605 g/mol. The number of nitrogens with zero attached hydrogens (tertiary/aromatic N) is 3. The second-order valence-corrected chi connectivity index (χ2v) is 12.9. The minimum atomic E-state index is -0.726. The molecule has 1 saturated carbocycles. The van der Waals surface area contributed by atoms with Crippen molar-refractivity contribution in [3.05, 3.63) is 40.0 Å². The maximum atomic E-state index is 13.2. The predicted octanol–water partition coefficient (Wildman–Crippen LogP) is 5.69. The van der Waals surface area contributed by atoms with Gasteiger partial charge < -0.3 is 20.3 Å². The Labute approximate surface area is 252 Å². The van der Waals surface area contributed by atoms with Crippen molar-refractivity contribution in [2.75, 3.05) is 19.6 Å². The maximum absolute atomic E-state index is 13.2. The summed E-state index contributed by atoms with van der Waals surface area (Å²) in [6, 6.07) is 6.82. The molecular weight excluding hydrogens is 565 g/mol. The van der Waals surface area contributed by atoms with Gasteiger partial charge in [0, 0.05) is 37.3 Å². The van der Waals surface area contributed by atoms with E-state index in [0.29, 0.717) is 23.1 Å². The summed E-state index contributed by atoms with van der Waals surface area (Å²) in [7, 11) is 1.92. The highest BCUT2D eigenvalue weighted by molar-refractivity contribution is 6.43. The van der Waals surface area contributed by atoms with Crippen LogP contribution in [0.2, 0.25) is 10.0 Å². The second-order valence-electron chi connectivity index (χ2n) is 12.1. The Kier molecular flexibility index (Phi) is 10.2. The van der Waals surface area contributed by atoms with Crippen LogP contribution >= 0.6 is 23.2 Å². The third kappa shape index (κ3) is 8.16. The van der Waals surface area contributed by atoms with E-state index in [1.807, 2.05) is 29.9 Å². The molecule has 1 aromatic carbocycles. The average molecular weight is 607 g/mol. The molecule has 224 valence electrons. The van der Waals surface area contributed by atoms with Gasteiger partial charge in [-0.1, -0.05) is 54.6 Å². The summed E-state index contributed by atoms with van der Waals surface area (Å²) in [6.07, 6.45) is 5.82. The van der Waals surface area contributed by atoms with E-state index >= 15 is 0 Å². The van der Waals surface area contributed by atoms with Crippen LogP contribution in [0.3, 0.4) is 0 Å². The van der Waals surface area contributed by atoms with Crippen LogP contribution in [0.5, 0.6) is 0 Å². The van der Waals surface area contributed by atoms with E-state index in [9.17, 15) is 14.4 Å². The summed E-state index contributed by atoms with van der Waals surface area (Å²) in [5.41, 5.74) is 1.97. The zero-order chi connectivity index (χ0) is 29.7. The Hall–Kier alpha value is -2.78. The summed E-state index contributed by atoms with van der Waals surface area (Å²) < 4.78 is 7.27. The number of halogens is 2. The molecule has 0 spiro atoms. The van der Waals surface area contributed by atoms with E-state index in [4.69, 9.17) is 27.9 Å². The number of aromatic nitrogens is 2. The van der Waals surface area contributed by atoms with Crippen molar-refractivity contribution < 1.29 is 19.1 Å². The highest BCUT2D eigenvalue weighted by atomic mass is 35.5. The first-order valence-electron chi connectivity index (χ1n) is 14.5. The number of likely N-dealkylation sites (tertiary alicyclic amines) is 1. The van der Waals surface area contributed by atoms with Gasteiger partial charge in [-0.25, -0.2) is 4.79 Å². The summed E-state index contributed by atoms with van der Waals surface area (Å²) in [5, 5.41) is 11.2. The molecule has 2 N–H and O–H groups in total. The normalized spacial score (nSPS) is 17.7. The number of aryl methyl sites for hydroxylation is 1. The molecule has 1 saturated heterocycles. The van der Waals surface area contributed by atoms with E-state index in [1.165, 1.54) is 0 Å². The molecule has 1 aromatic heterocycles. The number of carbonyl (C=O) groups is 3. The number of alkyl carbamates (subject to hydrolysis) is 1. The van der Waals surface area contributed by atoms with E-state index < -0.39 is 17.7 Å². The van der Waals surface area contributed by atoms with Crippen LogP contribution in [0.1, 0.15) is 77.3 Å². The topological polar surface area (TPSA) is 106 Å². The number of piperidine rings is 1. The number of hydrogen-bond donors (Lipinski definition) is 2.